The molecule has 1 aliphatic heterocycles. The van der Waals surface area contributed by atoms with Crippen LogP contribution in [0.3, 0.4) is 0 Å². The van der Waals surface area contributed by atoms with E-state index < -0.39 is 8.32 Å². The summed E-state index contributed by atoms with van der Waals surface area (Å²) in [7, 11) is -1.70. The Labute approximate surface area is 223 Å². The Kier molecular flexibility index (Phi) is 16.1. The SMILES string of the molecule is CC[Si](CC)(CC)OC1CCCCCCCCC(=O)OCCCCCCCC/C1=C\c1ccccc1. The molecule has 1 aromatic rings. The highest BCUT2D eigenvalue weighted by Crippen LogP contribution is 2.31. The van der Waals surface area contributed by atoms with Crippen molar-refractivity contribution in [1.82, 2.24) is 0 Å². The van der Waals surface area contributed by atoms with E-state index in [4.69, 9.17) is 9.16 Å². The molecule has 36 heavy (non-hydrogen) atoms. The van der Waals surface area contributed by atoms with Crippen molar-refractivity contribution in [3.8, 4) is 0 Å². The van der Waals surface area contributed by atoms with Gasteiger partial charge in [-0.15, -0.1) is 0 Å². The molecular formula is C32H54O3Si. The van der Waals surface area contributed by atoms with E-state index in [0.717, 1.165) is 38.5 Å². The fraction of sp³-hybridized carbons (Fsp3) is 0.719. The maximum atomic E-state index is 11.9. The van der Waals surface area contributed by atoms with Crippen LogP contribution in [0.1, 0.15) is 123 Å². The van der Waals surface area contributed by atoms with E-state index in [0.29, 0.717) is 13.0 Å². The summed E-state index contributed by atoms with van der Waals surface area (Å²) in [5.41, 5.74) is 2.83. The average Bonchev–Trinajstić information content (AvgIpc) is 2.90. The number of rotatable bonds is 6. The number of hydrogen-bond donors (Lipinski definition) is 0. The molecular weight excluding hydrogens is 460 g/mol. The van der Waals surface area contributed by atoms with Crippen LogP contribution < -0.4 is 0 Å². The summed E-state index contributed by atoms with van der Waals surface area (Å²) in [5, 5.41) is 0. The third kappa shape index (κ3) is 12.2. The average molecular weight is 515 g/mol. The molecule has 0 bridgehead atoms. The van der Waals surface area contributed by atoms with Crippen LogP contribution in [-0.4, -0.2) is 27.0 Å². The van der Waals surface area contributed by atoms with E-state index in [1.165, 1.54) is 80.6 Å². The third-order valence-corrected chi connectivity index (χ3v) is 12.8. The Hall–Kier alpha value is -1.39. The Morgan fingerprint density at radius 3 is 1.97 bits per heavy atom. The number of carbonyl (C=O) groups is 1. The minimum atomic E-state index is -1.70. The maximum absolute atomic E-state index is 11.9. The third-order valence-electron chi connectivity index (χ3n) is 8.11. The van der Waals surface area contributed by atoms with Crippen LogP contribution in [-0.2, 0) is 14.0 Å². The normalized spacial score (nSPS) is 22.1. The number of esters is 1. The standard InChI is InChI=1S/C32H54O3Si/c1-4-36(5-2,6-3)35-31-25-19-12-7-8-13-20-26-32(33)34-27-21-14-10-9-11-18-24-30(31)28-29-22-16-15-17-23-29/h15-17,22-23,28,31H,4-14,18-21,24-27H2,1-3H3/b30-28+. The first kappa shape index (κ1) is 30.8. The van der Waals surface area contributed by atoms with Crippen LogP contribution in [0, 0.1) is 0 Å². The molecule has 1 aromatic carbocycles. The van der Waals surface area contributed by atoms with Crippen molar-refractivity contribution in [3.05, 3.63) is 41.5 Å². The minimum Gasteiger partial charge on any atom is -0.466 e. The van der Waals surface area contributed by atoms with Gasteiger partial charge in [-0.1, -0.05) is 115 Å². The van der Waals surface area contributed by atoms with Crippen molar-refractivity contribution in [1.29, 1.82) is 0 Å². The van der Waals surface area contributed by atoms with Gasteiger partial charge >= 0.3 is 5.97 Å². The number of cyclic esters (lactones) is 1. The molecule has 204 valence electrons. The smallest absolute Gasteiger partial charge is 0.305 e. The first-order chi connectivity index (χ1) is 17.6. The lowest BCUT2D eigenvalue weighted by atomic mass is 9.95. The molecule has 0 amide bonds. The summed E-state index contributed by atoms with van der Waals surface area (Å²) in [4.78, 5) is 11.9. The Bertz CT molecular complexity index is 718. The van der Waals surface area contributed by atoms with Gasteiger partial charge in [-0.05, 0) is 61.4 Å². The molecule has 1 unspecified atom stereocenters. The predicted octanol–water partition coefficient (Wildman–Crippen LogP) is 9.87. The number of carbonyl (C=O) groups excluding carboxylic acids is 1. The van der Waals surface area contributed by atoms with Crippen molar-refractivity contribution in [2.75, 3.05) is 6.61 Å². The summed E-state index contributed by atoms with van der Waals surface area (Å²) >= 11 is 0. The van der Waals surface area contributed by atoms with E-state index in [1.807, 2.05) is 0 Å². The summed E-state index contributed by atoms with van der Waals surface area (Å²) < 4.78 is 12.6. The molecule has 3 nitrogen and oxygen atoms in total. The number of hydrogen-bond acceptors (Lipinski definition) is 3. The number of benzene rings is 1. The van der Waals surface area contributed by atoms with Crippen LogP contribution >= 0.6 is 0 Å². The van der Waals surface area contributed by atoms with Crippen LogP contribution in [0.15, 0.2) is 35.9 Å². The van der Waals surface area contributed by atoms with Crippen LogP contribution in [0.2, 0.25) is 18.1 Å². The van der Waals surface area contributed by atoms with E-state index in [2.05, 4.69) is 57.2 Å². The molecule has 0 N–H and O–H groups in total. The van der Waals surface area contributed by atoms with Gasteiger partial charge in [0.1, 0.15) is 0 Å². The largest absolute Gasteiger partial charge is 0.466 e. The second kappa shape index (κ2) is 18.8. The van der Waals surface area contributed by atoms with E-state index in [9.17, 15) is 4.79 Å². The van der Waals surface area contributed by atoms with Gasteiger partial charge in [0, 0.05) is 6.42 Å². The van der Waals surface area contributed by atoms with Crippen LogP contribution in [0.5, 0.6) is 0 Å². The first-order valence-corrected chi connectivity index (χ1v) is 17.7. The van der Waals surface area contributed by atoms with E-state index in [1.54, 1.807) is 0 Å². The second-order valence-electron chi connectivity index (χ2n) is 10.7. The lowest BCUT2D eigenvalue weighted by Crippen LogP contribution is -2.40. The minimum absolute atomic E-state index is 0.00227. The predicted molar refractivity (Wildman–Crippen MR) is 157 cm³/mol. The number of ether oxygens (including phenoxy) is 1. The van der Waals surface area contributed by atoms with Gasteiger partial charge < -0.3 is 9.16 Å². The maximum Gasteiger partial charge on any atom is 0.305 e. The summed E-state index contributed by atoms with van der Waals surface area (Å²) in [6.07, 6.45) is 19.7. The molecule has 0 spiro atoms. The molecule has 1 atom stereocenters. The zero-order valence-electron chi connectivity index (χ0n) is 23.7. The fourth-order valence-corrected chi connectivity index (χ4v) is 8.29. The molecule has 0 aliphatic carbocycles. The lowest BCUT2D eigenvalue weighted by molar-refractivity contribution is -0.143. The monoisotopic (exact) mass is 514 g/mol. The molecule has 1 saturated heterocycles. The first-order valence-electron chi connectivity index (χ1n) is 15.2. The molecule has 2 rings (SSSR count). The Morgan fingerprint density at radius 2 is 1.33 bits per heavy atom. The highest BCUT2D eigenvalue weighted by atomic mass is 28.4. The molecule has 1 heterocycles. The highest BCUT2D eigenvalue weighted by molar-refractivity contribution is 6.73. The summed E-state index contributed by atoms with van der Waals surface area (Å²) in [5.74, 6) is -0.00227. The summed E-state index contributed by atoms with van der Waals surface area (Å²) in [6.45, 7) is 7.64. The second-order valence-corrected chi connectivity index (χ2v) is 15.5. The molecule has 1 aliphatic rings. The fourth-order valence-electron chi connectivity index (χ4n) is 5.41. The van der Waals surface area contributed by atoms with E-state index in [-0.39, 0.29) is 12.1 Å². The van der Waals surface area contributed by atoms with Gasteiger partial charge in [0.2, 0.25) is 0 Å². The van der Waals surface area contributed by atoms with Crippen LogP contribution in [0.4, 0.5) is 0 Å². The Morgan fingerprint density at radius 1 is 0.778 bits per heavy atom. The van der Waals surface area contributed by atoms with Crippen molar-refractivity contribution in [2.45, 2.75) is 141 Å². The van der Waals surface area contributed by atoms with Gasteiger partial charge in [-0.25, -0.2) is 0 Å². The van der Waals surface area contributed by atoms with E-state index >= 15 is 0 Å². The van der Waals surface area contributed by atoms with Crippen molar-refractivity contribution < 1.29 is 14.0 Å². The molecule has 4 heteroatoms. The van der Waals surface area contributed by atoms with Gasteiger partial charge in [0.05, 0.1) is 12.7 Å². The van der Waals surface area contributed by atoms with Crippen molar-refractivity contribution in [3.63, 3.8) is 0 Å². The highest BCUT2D eigenvalue weighted by Gasteiger charge is 2.33. The lowest BCUT2D eigenvalue weighted by Gasteiger charge is -2.35. The van der Waals surface area contributed by atoms with Gasteiger partial charge in [0.25, 0.3) is 0 Å². The zero-order chi connectivity index (χ0) is 25.9. The van der Waals surface area contributed by atoms with Crippen LogP contribution in [0.25, 0.3) is 6.08 Å². The molecule has 0 radical (unpaired) electrons. The van der Waals surface area contributed by atoms with Gasteiger partial charge in [0.15, 0.2) is 8.32 Å². The van der Waals surface area contributed by atoms with Gasteiger partial charge in [-0.3, -0.25) is 4.79 Å². The topological polar surface area (TPSA) is 35.5 Å². The van der Waals surface area contributed by atoms with Crippen molar-refractivity contribution in [2.24, 2.45) is 0 Å². The Balaban J connectivity index is 2.14. The van der Waals surface area contributed by atoms with Crippen molar-refractivity contribution >= 4 is 20.4 Å². The summed E-state index contributed by atoms with van der Waals surface area (Å²) in [6, 6.07) is 14.5. The quantitative estimate of drug-likeness (QED) is 0.280. The zero-order valence-corrected chi connectivity index (χ0v) is 24.7. The van der Waals surface area contributed by atoms with Gasteiger partial charge in [-0.2, -0.15) is 0 Å². The molecule has 1 fully saturated rings. The molecule has 0 saturated carbocycles. The molecule has 0 aromatic heterocycles.